The molecule has 4 heteroatoms. The number of rotatable bonds is 1. The first kappa shape index (κ1) is 8.19. The fourth-order valence-electron chi connectivity index (χ4n) is 1.35. The molecule has 4 nitrogen and oxygen atoms in total. The zero-order valence-electron chi connectivity index (χ0n) is 7.38. The molecular weight excluding hydrogens is 166 g/mol. The molecule has 1 heterocycles. The summed E-state index contributed by atoms with van der Waals surface area (Å²) in [6.07, 6.45) is -0.654. The molecule has 0 radical (unpaired) electrons. The molecule has 0 saturated carbocycles. The van der Waals surface area contributed by atoms with Crippen molar-refractivity contribution in [1.82, 2.24) is 5.01 Å². The van der Waals surface area contributed by atoms with E-state index in [-0.39, 0.29) is 0 Å². The van der Waals surface area contributed by atoms with Crippen LogP contribution < -0.4 is 0 Å². The summed E-state index contributed by atoms with van der Waals surface area (Å²) in [7, 11) is 0. The Kier molecular flexibility index (Phi) is 1.98. The Bertz CT molecular complexity index is 337. The Morgan fingerprint density at radius 2 is 2.23 bits per heavy atom. The normalized spacial score (nSPS) is 20.2. The van der Waals surface area contributed by atoms with Crippen LogP contribution in [0.25, 0.3) is 0 Å². The molecule has 0 fully saturated rings. The monoisotopic (exact) mass is 177 g/mol. The van der Waals surface area contributed by atoms with E-state index in [1.54, 1.807) is 5.01 Å². The van der Waals surface area contributed by atoms with Crippen LogP contribution in [-0.2, 0) is 0 Å². The highest BCUT2D eigenvalue weighted by molar-refractivity contribution is 5.46. The fourth-order valence-corrected chi connectivity index (χ4v) is 1.35. The number of hydrogen-bond donors (Lipinski definition) is 1. The summed E-state index contributed by atoms with van der Waals surface area (Å²) in [5.74, 6) is 0. The highest BCUT2D eigenvalue weighted by Crippen LogP contribution is 2.32. The van der Waals surface area contributed by atoms with Gasteiger partial charge in [-0.25, -0.2) is 5.01 Å². The second kappa shape index (κ2) is 3.14. The van der Waals surface area contributed by atoms with E-state index in [2.05, 4.69) is 10.3 Å². The van der Waals surface area contributed by atoms with Gasteiger partial charge in [0, 0.05) is 12.1 Å². The summed E-state index contributed by atoms with van der Waals surface area (Å²) in [6.45, 7) is 2.58. The molecule has 13 heavy (non-hydrogen) atoms. The number of aliphatic hydroxyl groups is 1. The lowest BCUT2D eigenvalue weighted by Crippen LogP contribution is -2.24. The van der Waals surface area contributed by atoms with Crippen LogP contribution in [0.2, 0.25) is 0 Å². The fraction of sp³-hybridized carbons (Fsp3) is 0.333. The van der Waals surface area contributed by atoms with E-state index >= 15 is 0 Å². The second-order valence-corrected chi connectivity index (χ2v) is 2.88. The first-order valence-corrected chi connectivity index (χ1v) is 4.28. The van der Waals surface area contributed by atoms with Gasteiger partial charge in [0.05, 0.1) is 5.69 Å². The molecule has 1 aliphatic heterocycles. The second-order valence-electron chi connectivity index (χ2n) is 2.88. The van der Waals surface area contributed by atoms with Gasteiger partial charge in [0.1, 0.15) is 0 Å². The highest BCUT2D eigenvalue weighted by atomic mass is 16.3. The third kappa shape index (κ3) is 1.29. The Hall–Kier alpha value is -1.42. The quantitative estimate of drug-likeness (QED) is 0.713. The maximum absolute atomic E-state index is 9.79. The van der Waals surface area contributed by atoms with Gasteiger partial charge in [-0.15, -0.1) is 5.11 Å². The largest absolute Gasteiger partial charge is 0.368 e. The molecule has 68 valence electrons. The van der Waals surface area contributed by atoms with Gasteiger partial charge >= 0.3 is 0 Å². The smallest absolute Gasteiger partial charge is 0.172 e. The molecule has 1 aromatic carbocycles. The zero-order valence-corrected chi connectivity index (χ0v) is 7.38. The van der Waals surface area contributed by atoms with Gasteiger partial charge in [-0.1, -0.05) is 23.4 Å². The molecule has 0 aromatic heterocycles. The van der Waals surface area contributed by atoms with Crippen LogP contribution in [0.15, 0.2) is 34.6 Å². The number of benzene rings is 1. The Balaban J connectivity index is 2.42. The summed E-state index contributed by atoms with van der Waals surface area (Å²) in [5.41, 5.74) is 1.57. The van der Waals surface area contributed by atoms with Crippen molar-refractivity contribution in [2.75, 3.05) is 6.54 Å². The highest BCUT2D eigenvalue weighted by Gasteiger charge is 2.21. The van der Waals surface area contributed by atoms with E-state index in [4.69, 9.17) is 0 Å². The molecule has 1 N–H and O–H groups in total. The average molecular weight is 177 g/mol. The summed E-state index contributed by atoms with van der Waals surface area (Å²) < 4.78 is 0. The van der Waals surface area contributed by atoms with Gasteiger partial charge in [0.15, 0.2) is 6.23 Å². The molecule has 0 spiro atoms. The lowest BCUT2D eigenvalue weighted by Gasteiger charge is -2.26. The van der Waals surface area contributed by atoms with Crippen LogP contribution in [0.4, 0.5) is 5.69 Å². The van der Waals surface area contributed by atoms with Crippen molar-refractivity contribution in [1.29, 1.82) is 0 Å². The Morgan fingerprint density at radius 3 is 3.00 bits per heavy atom. The van der Waals surface area contributed by atoms with Crippen LogP contribution in [0, 0.1) is 0 Å². The molecule has 1 aromatic rings. The van der Waals surface area contributed by atoms with Crippen molar-refractivity contribution in [3.63, 3.8) is 0 Å². The predicted molar refractivity (Wildman–Crippen MR) is 48.3 cm³/mol. The molecule has 0 saturated heterocycles. The molecule has 1 atom stereocenters. The van der Waals surface area contributed by atoms with E-state index in [9.17, 15) is 5.11 Å². The van der Waals surface area contributed by atoms with Crippen LogP contribution >= 0.6 is 0 Å². The predicted octanol–water partition coefficient (Wildman–Crippen LogP) is 2.01. The number of aliphatic hydroxyl groups excluding tert-OH is 1. The van der Waals surface area contributed by atoms with E-state index in [0.29, 0.717) is 6.54 Å². The third-order valence-corrected chi connectivity index (χ3v) is 2.09. The van der Waals surface area contributed by atoms with E-state index < -0.39 is 6.23 Å². The first-order chi connectivity index (χ1) is 6.33. The van der Waals surface area contributed by atoms with Crippen molar-refractivity contribution in [2.24, 2.45) is 10.3 Å². The molecule has 0 bridgehead atoms. The minimum atomic E-state index is -0.654. The maximum Gasteiger partial charge on any atom is 0.172 e. The zero-order chi connectivity index (χ0) is 9.26. The van der Waals surface area contributed by atoms with Crippen LogP contribution in [-0.4, -0.2) is 16.7 Å². The van der Waals surface area contributed by atoms with Crippen molar-refractivity contribution >= 4 is 5.69 Å². The minimum absolute atomic E-state index is 0.652. The summed E-state index contributed by atoms with van der Waals surface area (Å²) in [6, 6.07) is 7.47. The third-order valence-electron chi connectivity index (χ3n) is 2.09. The van der Waals surface area contributed by atoms with Crippen LogP contribution in [0.5, 0.6) is 0 Å². The Morgan fingerprint density at radius 1 is 1.46 bits per heavy atom. The molecule has 1 unspecified atom stereocenters. The molecule has 0 aliphatic carbocycles. The summed E-state index contributed by atoms with van der Waals surface area (Å²) in [5, 5.41) is 19.2. The van der Waals surface area contributed by atoms with E-state index in [1.165, 1.54) is 0 Å². The summed E-state index contributed by atoms with van der Waals surface area (Å²) in [4.78, 5) is 0. The van der Waals surface area contributed by atoms with Gasteiger partial charge in [0.25, 0.3) is 0 Å². The maximum atomic E-state index is 9.79. The average Bonchev–Trinajstić information content (AvgIpc) is 2.19. The van der Waals surface area contributed by atoms with E-state index in [1.807, 2.05) is 31.2 Å². The van der Waals surface area contributed by atoms with Gasteiger partial charge in [-0.2, -0.15) is 0 Å². The van der Waals surface area contributed by atoms with Crippen molar-refractivity contribution in [3.8, 4) is 0 Å². The van der Waals surface area contributed by atoms with Gasteiger partial charge in [-0.3, -0.25) is 0 Å². The minimum Gasteiger partial charge on any atom is -0.368 e. The van der Waals surface area contributed by atoms with Gasteiger partial charge in [0.2, 0.25) is 0 Å². The van der Waals surface area contributed by atoms with Crippen molar-refractivity contribution in [2.45, 2.75) is 13.2 Å². The molecule has 1 aliphatic rings. The first-order valence-electron chi connectivity index (χ1n) is 4.28. The number of hydrogen-bond acceptors (Lipinski definition) is 4. The van der Waals surface area contributed by atoms with E-state index in [0.717, 1.165) is 11.3 Å². The Labute approximate surface area is 76.5 Å². The topological polar surface area (TPSA) is 48.2 Å². The van der Waals surface area contributed by atoms with Crippen molar-refractivity contribution < 1.29 is 5.11 Å². The molecule has 0 amide bonds. The van der Waals surface area contributed by atoms with Crippen molar-refractivity contribution in [3.05, 3.63) is 29.8 Å². The van der Waals surface area contributed by atoms with Crippen LogP contribution in [0.1, 0.15) is 18.7 Å². The molecular formula is C9H11N3O. The van der Waals surface area contributed by atoms with Crippen LogP contribution in [0.3, 0.4) is 0 Å². The SMILES string of the molecule is CCN1N=Nc2ccccc2C1O. The summed E-state index contributed by atoms with van der Waals surface area (Å²) >= 11 is 0. The standard InChI is InChI=1S/C9H11N3O/c1-2-12-9(13)7-5-3-4-6-8(7)10-11-12/h3-6,9,13H,2H2,1H3. The van der Waals surface area contributed by atoms with Gasteiger partial charge < -0.3 is 5.11 Å². The lowest BCUT2D eigenvalue weighted by molar-refractivity contribution is -0.00351. The number of fused-ring (bicyclic) bond motifs is 1. The molecule has 2 rings (SSSR count). The lowest BCUT2D eigenvalue weighted by atomic mass is 10.1. The van der Waals surface area contributed by atoms with Gasteiger partial charge in [-0.05, 0) is 13.0 Å². The number of nitrogens with zero attached hydrogens (tertiary/aromatic N) is 3.